The predicted molar refractivity (Wildman–Crippen MR) is 97.3 cm³/mol. The first-order valence-electron chi connectivity index (χ1n) is 9.09. The molecule has 1 heterocycles. The predicted octanol–water partition coefficient (Wildman–Crippen LogP) is 1.38. The van der Waals surface area contributed by atoms with Gasteiger partial charge in [0.05, 0.1) is 5.69 Å². The number of benzene rings is 1. The quantitative estimate of drug-likeness (QED) is 0.526. The Bertz CT molecular complexity index is 678. The third-order valence-corrected chi connectivity index (χ3v) is 4.45. The van der Waals surface area contributed by atoms with Crippen LogP contribution in [0.25, 0.3) is 0 Å². The molecule has 8 heteroatoms. The molecule has 0 spiro atoms. The van der Waals surface area contributed by atoms with Crippen LogP contribution in [0.4, 0.5) is 14.5 Å². The van der Waals surface area contributed by atoms with E-state index >= 15 is 0 Å². The third-order valence-electron chi connectivity index (χ3n) is 4.45. The molecule has 1 aliphatic carbocycles. The summed E-state index contributed by atoms with van der Waals surface area (Å²) in [7, 11) is 0. The van der Waals surface area contributed by atoms with Gasteiger partial charge in [0.1, 0.15) is 18.2 Å². The van der Waals surface area contributed by atoms with E-state index in [0.29, 0.717) is 37.3 Å². The van der Waals surface area contributed by atoms with E-state index in [1.165, 1.54) is 12.1 Å². The number of rotatable bonds is 6. The number of guanidine groups is 1. The lowest BCUT2D eigenvalue weighted by Gasteiger charge is -2.21. The minimum absolute atomic E-state index is 0.0729. The minimum Gasteiger partial charge on any atom is -0.367 e. The second-order valence-corrected chi connectivity index (χ2v) is 6.71. The molecule has 1 aromatic carbocycles. The highest BCUT2D eigenvalue weighted by Crippen LogP contribution is 2.24. The van der Waals surface area contributed by atoms with Gasteiger partial charge in [-0.3, -0.25) is 4.79 Å². The zero-order chi connectivity index (χ0) is 18.5. The van der Waals surface area contributed by atoms with Crippen molar-refractivity contribution in [2.24, 2.45) is 4.99 Å². The number of amides is 1. The van der Waals surface area contributed by atoms with Crippen LogP contribution in [-0.4, -0.2) is 50.1 Å². The van der Waals surface area contributed by atoms with Gasteiger partial charge in [-0.1, -0.05) is 0 Å². The van der Waals surface area contributed by atoms with Crippen LogP contribution in [0.5, 0.6) is 0 Å². The van der Waals surface area contributed by atoms with Crippen LogP contribution in [0.3, 0.4) is 0 Å². The highest BCUT2D eigenvalue weighted by molar-refractivity contribution is 5.85. The lowest BCUT2D eigenvalue weighted by Crippen LogP contribution is -2.45. The molecule has 3 rings (SSSR count). The van der Waals surface area contributed by atoms with Crippen molar-refractivity contribution in [2.75, 3.05) is 31.1 Å². The first-order chi connectivity index (χ1) is 12.5. The summed E-state index contributed by atoms with van der Waals surface area (Å²) in [5, 5.41) is 9.32. The Hall–Kier alpha value is -2.38. The average Bonchev–Trinajstić information content (AvgIpc) is 3.29. The van der Waals surface area contributed by atoms with Crippen LogP contribution in [0.2, 0.25) is 0 Å². The largest absolute Gasteiger partial charge is 0.367 e. The maximum absolute atomic E-state index is 13.9. The first-order valence-corrected chi connectivity index (χ1v) is 9.09. The van der Waals surface area contributed by atoms with Crippen molar-refractivity contribution in [2.45, 2.75) is 38.3 Å². The molecule has 0 aromatic heterocycles. The summed E-state index contributed by atoms with van der Waals surface area (Å²) in [6.45, 7) is 3.97. The van der Waals surface area contributed by atoms with Crippen molar-refractivity contribution in [1.82, 2.24) is 16.0 Å². The van der Waals surface area contributed by atoms with Crippen LogP contribution in [0, 0.1) is 11.6 Å². The lowest BCUT2D eigenvalue weighted by molar-refractivity contribution is -0.119. The standard InChI is InChI=1S/C18H25F2N5O/c1-2-21-18(22-10-17(26)23-13-4-5-13)24-14-7-8-25(11-14)16-6-3-12(19)9-15(16)20/h3,6,9,13-14H,2,4-5,7-8,10-11H2,1H3,(H,23,26)(H2,21,22,24). The summed E-state index contributed by atoms with van der Waals surface area (Å²) < 4.78 is 27.0. The van der Waals surface area contributed by atoms with Crippen molar-refractivity contribution >= 4 is 17.6 Å². The van der Waals surface area contributed by atoms with Crippen molar-refractivity contribution in [3.63, 3.8) is 0 Å². The Balaban J connectivity index is 1.54. The van der Waals surface area contributed by atoms with Crippen molar-refractivity contribution in [3.05, 3.63) is 29.8 Å². The number of hydrogen-bond donors (Lipinski definition) is 3. The number of carbonyl (C=O) groups excluding carboxylic acids is 1. The summed E-state index contributed by atoms with van der Waals surface area (Å²) in [6.07, 6.45) is 2.90. The molecule has 0 bridgehead atoms. The summed E-state index contributed by atoms with van der Waals surface area (Å²) in [6, 6.07) is 4.03. The Morgan fingerprint density at radius 3 is 2.73 bits per heavy atom. The molecule has 26 heavy (non-hydrogen) atoms. The number of halogens is 2. The van der Waals surface area contributed by atoms with Crippen molar-refractivity contribution < 1.29 is 13.6 Å². The Morgan fingerprint density at radius 2 is 2.04 bits per heavy atom. The zero-order valence-electron chi connectivity index (χ0n) is 14.9. The second kappa shape index (κ2) is 8.33. The van der Waals surface area contributed by atoms with Crippen LogP contribution in [-0.2, 0) is 4.79 Å². The molecule has 1 saturated heterocycles. The molecule has 1 unspecified atom stereocenters. The molecular weight excluding hydrogens is 340 g/mol. The van der Waals surface area contributed by atoms with Crippen LogP contribution >= 0.6 is 0 Å². The monoisotopic (exact) mass is 365 g/mol. The van der Waals surface area contributed by atoms with Gasteiger partial charge in [-0.15, -0.1) is 0 Å². The Labute approximate surface area is 152 Å². The number of anilines is 1. The maximum atomic E-state index is 13.9. The minimum atomic E-state index is -0.578. The van der Waals surface area contributed by atoms with Crippen LogP contribution < -0.4 is 20.9 Å². The molecule has 1 atom stereocenters. The SMILES string of the molecule is CCNC(=NCC(=O)NC1CC1)NC1CCN(c2ccc(F)cc2F)C1. The van der Waals surface area contributed by atoms with E-state index in [4.69, 9.17) is 0 Å². The molecule has 1 aromatic rings. The molecule has 0 radical (unpaired) electrons. The van der Waals surface area contributed by atoms with Gasteiger partial charge in [0.2, 0.25) is 5.91 Å². The normalized spacial score (nSPS) is 20.2. The fraction of sp³-hybridized carbons (Fsp3) is 0.556. The van der Waals surface area contributed by atoms with Gasteiger partial charge in [0.15, 0.2) is 5.96 Å². The van der Waals surface area contributed by atoms with Gasteiger partial charge in [0.25, 0.3) is 0 Å². The van der Waals surface area contributed by atoms with Gasteiger partial charge in [-0.2, -0.15) is 0 Å². The lowest BCUT2D eigenvalue weighted by atomic mass is 10.2. The highest BCUT2D eigenvalue weighted by atomic mass is 19.1. The molecule has 1 amide bonds. The van der Waals surface area contributed by atoms with E-state index in [9.17, 15) is 13.6 Å². The van der Waals surface area contributed by atoms with Gasteiger partial charge >= 0.3 is 0 Å². The molecular formula is C18H25F2N5O. The van der Waals surface area contributed by atoms with Crippen LogP contribution in [0.1, 0.15) is 26.2 Å². The number of aliphatic imine (C=N–C) groups is 1. The molecule has 142 valence electrons. The van der Waals surface area contributed by atoms with Gasteiger partial charge < -0.3 is 20.9 Å². The summed E-state index contributed by atoms with van der Waals surface area (Å²) in [5.41, 5.74) is 0.404. The van der Waals surface area contributed by atoms with E-state index in [1.807, 2.05) is 11.8 Å². The van der Waals surface area contributed by atoms with Crippen molar-refractivity contribution in [1.29, 1.82) is 0 Å². The number of nitrogens with zero attached hydrogens (tertiary/aromatic N) is 2. The fourth-order valence-electron chi connectivity index (χ4n) is 3.00. The molecule has 2 aliphatic rings. The summed E-state index contributed by atoms with van der Waals surface area (Å²) in [5.74, 6) is -0.634. The first kappa shape index (κ1) is 18.4. The van der Waals surface area contributed by atoms with E-state index in [1.54, 1.807) is 0 Å². The molecule has 6 nitrogen and oxygen atoms in total. The van der Waals surface area contributed by atoms with E-state index in [2.05, 4.69) is 20.9 Å². The topological polar surface area (TPSA) is 68.8 Å². The van der Waals surface area contributed by atoms with E-state index in [0.717, 1.165) is 25.3 Å². The molecule has 3 N–H and O–H groups in total. The number of hydrogen-bond acceptors (Lipinski definition) is 3. The Morgan fingerprint density at radius 1 is 1.23 bits per heavy atom. The van der Waals surface area contributed by atoms with E-state index in [-0.39, 0.29) is 18.5 Å². The zero-order valence-corrected chi connectivity index (χ0v) is 14.9. The third kappa shape index (κ3) is 5.06. The number of nitrogens with one attached hydrogen (secondary N) is 3. The van der Waals surface area contributed by atoms with Crippen molar-refractivity contribution in [3.8, 4) is 0 Å². The maximum Gasteiger partial charge on any atom is 0.242 e. The van der Waals surface area contributed by atoms with Gasteiger partial charge in [-0.05, 0) is 38.3 Å². The Kier molecular flexibility index (Phi) is 5.90. The number of carbonyl (C=O) groups is 1. The molecule has 2 fully saturated rings. The average molecular weight is 365 g/mol. The smallest absolute Gasteiger partial charge is 0.242 e. The molecule has 1 aliphatic heterocycles. The van der Waals surface area contributed by atoms with E-state index < -0.39 is 11.6 Å². The van der Waals surface area contributed by atoms with Gasteiger partial charge in [-0.25, -0.2) is 13.8 Å². The fourth-order valence-corrected chi connectivity index (χ4v) is 3.00. The van der Waals surface area contributed by atoms with Gasteiger partial charge in [0, 0.05) is 37.8 Å². The molecule has 1 saturated carbocycles. The summed E-state index contributed by atoms with van der Waals surface area (Å²) >= 11 is 0. The van der Waals surface area contributed by atoms with Crippen LogP contribution in [0.15, 0.2) is 23.2 Å². The highest BCUT2D eigenvalue weighted by Gasteiger charge is 2.26. The summed E-state index contributed by atoms with van der Waals surface area (Å²) in [4.78, 5) is 18.0. The second-order valence-electron chi connectivity index (χ2n) is 6.71.